The summed E-state index contributed by atoms with van der Waals surface area (Å²) in [5, 5.41) is 0.410. The number of hydrogen-bond acceptors (Lipinski definition) is 7. The fraction of sp³-hybridized carbons (Fsp3) is 0.474. The Labute approximate surface area is 176 Å². The number of halogens is 1. The molecule has 160 valence electrons. The summed E-state index contributed by atoms with van der Waals surface area (Å²) in [6, 6.07) is 6.14. The van der Waals surface area contributed by atoms with Crippen molar-refractivity contribution in [1.29, 1.82) is 0 Å². The summed E-state index contributed by atoms with van der Waals surface area (Å²) in [5.41, 5.74) is 1.03. The van der Waals surface area contributed by atoms with Gasteiger partial charge in [-0.1, -0.05) is 29.8 Å². The summed E-state index contributed by atoms with van der Waals surface area (Å²) in [6.07, 6.45) is 1.81. The molecular weight excluding hydrogens is 420 g/mol. The molecule has 29 heavy (non-hydrogen) atoms. The number of ether oxygens (including phenoxy) is 1. The molecule has 8 nitrogen and oxygen atoms in total. The van der Waals surface area contributed by atoms with Crippen LogP contribution in [0.2, 0.25) is 5.02 Å². The van der Waals surface area contributed by atoms with Gasteiger partial charge >= 0.3 is 5.97 Å². The van der Waals surface area contributed by atoms with Crippen molar-refractivity contribution in [2.24, 2.45) is 0 Å². The summed E-state index contributed by atoms with van der Waals surface area (Å²) in [4.78, 5) is 28.0. The van der Waals surface area contributed by atoms with E-state index in [-0.39, 0.29) is 18.9 Å². The van der Waals surface area contributed by atoms with Crippen LogP contribution in [0.1, 0.15) is 18.0 Å². The van der Waals surface area contributed by atoms with Crippen LogP contribution in [0.15, 0.2) is 35.9 Å². The number of nitrogens with zero attached hydrogens (tertiary/aromatic N) is 2. The fourth-order valence-corrected chi connectivity index (χ4v) is 4.01. The predicted octanol–water partition coefficient (Wildman–Crippen LogP) is 1.62. The average molecular weight is 445 g/mol. The minimum absolute atomic E-state index is 0.144. The molecule has 10 heteroatoms. The molecule has 0 aromatic heterocycles. The monoisotopic (exact) mass is 444 g/mol. The molecule has 0 saturated carbocycles. The first-order valence-electron chi connectivity index (χ1n) is 8.89. The van der Waals surface area contributed by atoms with Gasteiger partial charge in [-0.05, 0) is 23.6 Å². The van der Waals surface area contributed by atoms with Crippen LogP contribution in [0.4, 0.5) is 0 Å². The summed E-state index contributed by atoms with van der Waals surface area (Å²) < 4.78 is 33.5. The smallest absolute Gasteiger partial charge is 0.327 e. The van der Waals surface area contributed by atoms with Gasteiger partial charge in [0.2, 0.25) is 5.91 Å². The Kier molecular flexibility index (Phi) is 7.81. The van der Waals surface area contributed by atoms with E-state index < -0.39 is 28.2 Å². The number of likely N-dealkylation sites (N-methyl/N-ethyl adjacent to an activating group) is 1. The maximum Gasteiger partial charge on any atom is 0.327 e. The SMILES string of the molecule is COC(=O)C(c1ccccc1Cl)N1CCC(OS(C)(=O)=O)C(=CC(=O)N(C)C)C1. The Bertz CT molecular complexity index is 900. The van der Waals surface area contributed by atoms with E-state index >= 15 is 0 Å². The standard InChI is InChI=1S/C19H25ClN2O6S/c1-21(2)17(23)11-13-12-22(10-9-16(13)28-29(4,25)26)18(19(24)27-3)14-7-5-6-8-15(14)20/h5-8,11,16,18H,9-10,12H2,1-4H3. The van der Waals surface area contributed by atoms with Gasteiger partial charge in [0.25, 0.3) is 10.1 Å². The number of carbonyl (C=O) groups is 2. The van der Waals surface area contributed by atoms with E-state index in [2.05, 4.69) is 0 Å². The molecule has 0 bridgehead atoms. The van der Waals surface area contributed by atoms with Crippen LogP contribution in [-0.4, -0.2) is 76.7 Å². The van der Waals surface area contributed by atoms with E-state index in [0.29, 0.717) is 22.7 Å². The van der Waals surface area contributed by atoms with Crippen LogP contribution in [0.5, 0.6) is 0 Å². The first-order valence-corrected chi connectivity index (χ1v) is 11.1. The Morgan fingerprint density at radius 2 is 1.97 bits per heavy atom. The third-order valence-corrected chi connectivity index (χ3v) is 5.43. The number of esters is 1. The largest absolute Gasteiger partial charge is 0.468 e. The molecular formula is C19H25ClN2O6S. The second-order valence-corrected chi connectivity index (χ2v) is 8.96. The maximum absolute atomic E-state index is 12.6. The highest BCUT2D eigenvalue weighted by Crippen LogP contribution is 2.33. The van der Waals surface area contributed by atoms with Crippen molar-refractivity contribution in [2.45, 2.75) is 18.6 Å². The molecule has 0 spiro atoms. The summed E-state index contributed by atoms with van der Waals surface area (Å²) in [5.74, 6) is -0.810. The van der Waals surface area contributed by atoms with Gasteiger partial charge in [0.05, 0.1) is 13.4 Å². The topological polar surface area (TPSA) is 93.2 Å². The number of piperidine rings is 1. The first kappa shape index (κ1) is 23.3. The van der Waals surface area contributed by atoms with E-state index in [1.807, 2.05) is 0 Å². The van der Waals surface area contributed by atoms with Crippen LogP contribution < -0.4 is 0 Å². The van der Waals surface area contributed by atoms with Crippen molar-refractivity contribution >= 4 is 33.6 Å². The van der Waals surface area contributed by atoms with Gasteiger partial charge in [0.1, 0.15) is 12.1 Å². The van der Waals surface area contributed by atoms with Crippen LogP contribution in [-0.2, 0) is 28.6 Å². The summed E-state index contributed by atoms with van der Waals surface area (Å²) in [7, 11) is 0.744. The van der Waals surface area contributed by atoms with E-state index in [1.54, 1.807) is 43.3 Å². The molecule has 1 aliphatic heterocycles. The van der Waals surface area contributed by atoms with Crippen molar-refractivity contribution in [3.8, 4) is 0 Å². The minimum atomic E-state index is -3.73. The van der Waals surface area contributed by atoms with Gasteiger partial charge < -0.3 is 9.64 Å². The molecule has 2 atom stereocenters. The van der Waals surface area contributed by atoms with Crippen LogP contribution in [0.25, 0.3) is 0 Å². The van der Waals surface area contributed by atoms with Gasteiger partial charge in [-0.3, -0.25) is 13.9 Å². The molecule has 1 aromatic rings. The number of amides is 1. The number of benzene rings is 1. The van der Waals surface area contributed by atoms with Crippen LogP contribution >= 0.6 is 11.6 Å². The van der Waals surface area contributed by atoms with Gasteiger partial charge in [0.15, 0.2) is 0 Å². The Morgan fingerprint density at radius 1 is 1.31 bits per heavy atom. The second kappa shape index (κ2) is 9.71. The van der Waals surface area contributed by atoms with Gasteiger partial charge in [-0.2, -0.15) is 8.42 Å². The maximum atomic E-state index is 12.6. The number of rotatable bonds is 6. The van der Waals surface area contributed by atoms with E-state index in [4.69, 9.17) is 20.5 Å². The molecule has 0 radical (unpaired) electrons. The summed E-state index contributed by atoms with van der Waals surface area (Å²) in [6.45, 7) is 0.490. The molecule has 0 aliphatic carbocycles. The number of hydrogen-bond donors (Lipinski definition) is 0. The Balaban J connectivity index is 2.41. The highest BCUT2D eigenvalue weighted by atomic mass is 35.5. The Hall–Kier alpha value is -1.94. The summed E-state index contributed by atoms with van der Waals surface area (Å²) >= 11 is 6.30. The third kappa shape index (κ3) is 6.27. The average Bonchev–Trinajstić information content (AvgIpc) is 2.64. The minimum Gasteiger partial charge on any atom is -0.468 e. The molecule has 1 heterocycles. The lowest BCUT2D eigenvalue weighted by Gasteiger charge is -2.37. The highest BCUT2D eigenvalue weighted by Gasteiger charge is 2.36. The van der Waals surface area contributed by atoms with Gasteiger partial charge in [-0.15, -0.1) is 0 Å². The quantitative estimate of drug-likeness (QED) is 0.374. The zero-order valence-corrected chi connectivity index (χ0v) is 18.4. The zero-order chi connectivity index (χ0) is 21.8. The zero-order valence-electron chi connectivity index (χ0n) is 16.8. The molecule has 2 unspecified atom stereocenters. The van der Waals surface area contributed by atoms with Crippen molar-refractivity contribution in [1.82, 2.24) is 9.80 Å². The van der Waals surface area contributed by atoms with Gasteiger partial charge in [0, 0.05) is 38.3 Å². The molecule has 1 amide bonds. The number of carbonyl (C=O) groups excluding carboxylic acids is 2. The number of likely N-dealkylation sites (tertiary alicyclic amines) is 1. The normalized spacial score (nSPS) is 20.3. The lowest BCUT2D eigenvalue weighted by Crippen LogP contribution is -2.45. The first-order chi connectivity index (χ1) is 13.5. The molecule has 0 N–H and O–H groups in total. The molecule has 1 fully saturated rings. The van der Waals surface area contributed by atoms with Gasteiger partial charge in [-0.25, -0.2) is 4.79 Å². The number of methoxy groups -OCH3 is 1. The van der Waals surface area contributed by atoms with Crippen molar-refractivity contribution in [3.05, 3.63) is 46.5 Å². The lowest BCUT2D eigenvalue weighted by molar-refractivity contribution is -0.147. The van der Waals surface area contributed by atoms with Crippen LogP contribution in [0.3, 0.4) is 0 Å². The highest BCUT2D eigenvalue weighted by molar-refractivity contribution is 7.86. The Morgan fingerprint density at radius 3 is 2.52 bits per heavy atom. The van der Waals surface area contributed by atoms with E-state index in [1.165, 1.54) is 18.1 Å². The second-order valence-electron chi connectivity index (χ2n) is 6.95. The lowest BCUT2D eigenvalue weighted by atomic mass is 9.96. The molecule has 1 aliphatic rings. The van der Waals surface area contributed by atoms with Crippen molar-refractivity contribution < 1.29 is 26.9 Å². The fourth-order valence-electron chi connectivity index (χ4n) is 3.13. The van der Waals surface area contributed by atoms with E-state index in [9.17, 15) is 18.0 Å². The van der Waals surface area contributed by atoms with E-state index in [0.717, 1.165) is 6.26 Å². The van der Waals surface area contributed by atoms with Crippen molar-refractivity contribution in [3.63, 3.8) is 0 Å². The van der Waals surface area contributed by atoms with Crippen LogP contribution in [0, 0.1) is 0 Å². The van der Waals surface area contributed by atoms with Crippen molar-refractivity contribution in [2.75, 3.05) is 40.6 Å². The third-order valence-electron chi connectivity index (χ3n) is 4.51. The molecule has 1 saturated heterocycles. The predicted molar refractivity (Wildman–Crippen MR) is 109 cm³/mol. The molecule has 2 rings (SSSR count). The molecule has 1 aromatic carbocycles.